The number of carbonyl (C=O) groups excluding carboxylic acids is 2. The third kappa shape index (κ3) is 4.42. The summed E-state index contributed by atoms with van der Waals surface area (Å²) in [6.45, 7) is 1.70. The van der Waals surface area contributed by atoms with Crippen LogP contribution in [0.2, 0.25) is 0 Å². The minimum absolute atomic E-state index is 0.127. The first kappa shape index (κ1) is 21.3. The molecule has 0 saturated carbocycles. The van der Waals surface area contributed by atoms with Crippen molar-refractivity contribution >= 4 is 11.8 Å². The molecule has 2 aromatic rings. The van der Waals surface area contributed by atoms with Crippen LogP contribution in [0, 0.1) is 0 Å². The van der Waals surface area contributed by atoms with Gasteiger partial charge in [0.1, 0.15) is 23.0 Å². The zero-order valence-corrected chi connectivity index (χ0v) is 17.6. The molecule has 3 rings (SSSR count). The van der Waals surface area contributed by atoms with Crippen molar-refractivity contribution in [2.75, 3.05) is 54.6 Å². The van der Waals surface area contributed by atoms with E-state index in [1.54, 1.807) is 67.5 Å². The van der Waals surface area contributed by atoms with Gasteiger partial charge in [-0.1, -0.05) is 0 Å². The van der Waals surface area contributed by atoms with Gasteiger partial charge >= 0.3 is 0 Å². The van der Waals surface area contributed by atoms with Crippen molar-refractivity contribution in [3.63, 3.8) is 0 Å². The highest BCUT2D eigenvalue weighted by Gasteiger charge is 2.27. The summed E-state index contributed by atoms with van der Waals surface area (Å²) in [6, 6.07) is 10.2. The number of amides is 2. The van der Waals surface area contributed by atoms with Crippen molar-refractivity contribution in [2.24, 2.45) is 0 Å². The molecule has 1 fully saturated rings. The predicted molar refractivity (Wildman–Crippen MR) is 111 cm³/mol. The number of piperazine rings is 1. The summed E-state index contributed by atoms with van der Waals surface area (Å²) in [7, 11) is 6.16. The molecule has 2 amide bonds. The van der Waals surface area contributed by atoms with E-state index in [1.165, 1.54) is 7.11 Å². The molecule has 0 bridgehead atoms. The Morgan fingerprint density at radius 2 is 1.20 bits per heavy atom. The largest absolute Gasteiger partial charge is 0.497 e. The molecule has 0 atom stereocenters. The maximum atomic E-state index is 13.0. The molecular formula is C22H26N2O6. The fourth-order valence-corrected chi connectivity index (χ4v) is 3.38. The Labute approximate surface area is 175 Å². The molecular weight excluding hydrogens is 388 g/mol. The van der Waals surface area contributed by atoms with E-state index < -0.39 is 0 Å². The fraction of sp³-hybridized carbons (Fsp3) is 0.364. The summed E-state index contributed by atoms with van der Waals surface area (Å²) in [5.74, 6) is 1.90. The number of ether oxygens (including phenoxy) is 4. The molecule has 8 heteroatoms. The lowest BCUT2D eigenvalue weighted by atomic mass is 10.1. The molecule has 0 aromatic heterocycles. The zero-order valence-electron chi connectivity index (χ0n) is 17.6. The van der Waals surface area contributed by atoms with Crippen LogP contribution in [-0.4, -0.2) is 76.2 Å². The van der Waals surface area contributed by atoms with Crippen LogP contribution in [0.3, 0.4) is 0 Å². The van der Waals surface area contributed by atoms with Crippen molar-refractivity contribution in [3.05, 3.63) is 47.5 Å². The third-order valence-corrected chi connectivity index (χ3v) is 5.09. The summed E-state index contributed by atoms with van der Waals surface area (Å²) in [5.41, 5.74) is 0.926. The normalized spacial score (nSPS) is 13.6. The number of nitrogens with zero attached hydrogens (tertiary/aromatic N) is 2. The van der Waals surface area contributed by atoms with Crippen LogP contribution in [0.5, 0.6) is 23.0 Å². The first-order valence-electron chi connectivity index (χ1n) is 9.54. The molecule has 2 aromatic carbocycles. The van der Waals surface area contributed by atoms with E-state index in [0.717, 1.165) is 0 Å². The van der Waals surface area contributed by atoms with Crippen molar-refractivity contribution in [3.8, 4) is 23.0 Å². The lowest BCUT2D eigenvalue weighted by molar-refractivity contribution is 0.0533. The molecule has 0 radical (unpaired) electrons. The van der Waals surface area contributed by atoms with E-state index in [4.69, 9.17) is 18.9 Å². The van der Waals surface area contributed by atoms with Crippen molar-refractivity contribution in [2.45, 2.75) is 0 Å². The Morgan fingerprint density at radius 1 is 0.667 bits per heavy atom. The molecule has 0 aliphatic carbocycles. The molecule has 1 aliphatic rings. The van der Waals surface area contributed by atoms with E-state index >= 15 is 0 Å². The highest BCUT2D eigenvalue weighted by molar-refractivity contribution is 5.98. The van der Waals surface area contributed by atoms with E-state index in [-0.39, 0.29) is 11.8 Å². The number of carbonyl (C=O) groups is 2. The summed E-state index contributed by atoms with van der Waals surface area (Å²) < 4.78 is 21.0. The van der Waals surface area contributed by atoms with Crippen LogP contribution in [0.4, 0.5) is 0 Å². The van der Waals surface area contributed by atoms with E-state index in [1.807, 2.05) is 0 Å². The standard InChI is InChI=1S/C22H26N2O6/c1-27-16-5-6-20(30-4)19(14-16)22(26)24-9-7-23(8-10-24)21(25)15-11-17(28-2)13-18(12-15)29-3/h5-6,11-14H,7-10H2,1-4H3. The second-order valence-corrected chi connectivity index (χ2v) is 6.75. The highest BCUT2D eigenvalue weighted by Crippen LogP contribution is 2.27. The van der Waals surface area contributed by atoms with Gasteiger partial charge in [-0.2, -0.15) is 0 Å². The van der Waals surface area contributed by atoms with Crippen LogP contribution in [0.15, 0.2) is 36.4 Å². The lowest BCUT2D eigenvalue weighted by Crippen LogP contribution is -2.50. The molecule has 1 saturated heterocycles. The monoisotopic (exact) mass is 414 g/mol. The summed E-state index contributed by atoms with van der Waals surface area (Å²) in [6.07, 6.45) is 0. The van der Waals surface area contributed by atoms with Crippen LogP contribution in [0.1, 0.15) is 20.7 Å². The van der Waals surface area contributed by atoms with Gasteiger partial charge in [0.2, 0.25) is 0 Å². The van der Waals surface area contributed by atoms with Gasteiger partial charge < -0.3 is 28.7 Å². The van der Waals surface area contributed by atoms with Gasteiger partial charge in [0.15, 0.2) is 0 Å². The fourth-order valence-electron chi connectivity index (χ4n) is 3.38. The number of benzene rings is 2. The van der Waals surface area contributed by atoms with Gasteiger partial charge in [0, 0.05) is 37.8 Å². The molecule has 1 heterocycles. The van der Waals surface area contributed by atoms with Crippen molar-refractivity contribution in [1.29, 1.82) is 0 Å². The number of hydrogen-bond donors (Lipinski definition) is 0. The van der Waals surface area contributed by atoms with Gasteiger partial charge in [0.25, 0.3) is 11.8 Å². The van der Waals surface area contributed by atoms with Crippen LogP contribution in [0.25, 0.3) is 0 Å². The summed E-state index contributed by atoms with van der Waals surface area (Å²) >= 11 is 0. The second-order valence-electron chi connectivity index (χ2n) is 6.75. The Bertz CT molecular complexity index is 900. The van der Waals surface area contributed by atoms with E-state index in [2.05, 4.69) is 0 Å². The molecule has 1 aliphatic heterocycles. The number of hydrogen-bond acceptors (Lipinski definition) is 6. The predicted octanol–water partition coefficient (Wildman–Crippen LogP) is 2.32. The number of rotatable bonds is 6. The van der Waals surface area contributed by atoms with Crippen molar-refractivity contribution in [1.82, 2.24) is 9.80 Å². The molecule has 160 valence electrons. The Balaban J connectivity index is 1.70. The first-order chi connectivity index (χ1) is 14.5. The average molecular weight is 414 g/mol. The Hall–Kier alpha value is -3.42. The summed E-state index contributed by atoms with van der Waals surface area (Å²) in [4.78, 5) is 29.4. The van der Waals surface area contributed by atoms with E-state index in [9.17, 15) is 9.59 Å². The smallest absolute Gasteiger partial charge is 0.257 e. The maximum absolute atomic E-state index is 13.0. The second kappa shape index (κ2) is 9.39. The Morgan fingerprint density at radius 3 is 1.70 bits per heavy atom. The SMILES string of the molecule is COc1cc(OC)cc(C(=O)N2CCN(C(=O)c3cc(OC)ccc3OC)CC2)c1. The molecule has 0 N–H and O–H groups in total. The molecule has 30 heavy (non-hydrogen) atoms. The average Bonchev–Trinajstić information content (AvgIpc) is 2.82. The third-order valence-electron chi connectivity index (χ3n) is 5.09. The van der Waals surface area contributed by atoms with Crippen molar-refractivity contribution < 1.29 is 28.5 Å². The zero-order chi connectivity index (χ0) is 21.7. The van der Waals surface area contributed by atoms with Gasteiger partial charge in [-0.25, -0.2) is 0 Å². The Kier molecular flexibility index (Phi) is 6.66. The van der Waals surface area contributed by atoms with Crippen LogP contribution < -0.4 is 18.9 Å². The molecule has 0 unspecified atom stereocenters. The van der Waals surface area contributed by atoms with Gasteiger partial charge in [-0.15, -0.1) is 0 Å². The van der Waals surface area contributed by atoms with Gasteiger partial charge in [-0.3, -0.25) is 9.59 Å². The minimum atomic E-state index is -0.152. The summed E-state index contributed by atoms with van der Waals surface area (Å²) in [5, 5.41) is 0. The lowest BCUT2D eigenvalue weighted by Gasteiger charge is -2.35. The van der Waals surface area contributed by atoms with Gasteiger partial charge in [-0.05, 0) is 30.3 Å². The van der Waals surface area contributed by atoms with E-state index in [0.29, 0.717) is 60.3 Å². The quantitative estimate of drug-likeness (QED) is 0.722. The minimum Gasteiger partial charge on any atom is -0.497 e. The highest BCUT2D eigenvalue weighted by atomic mass is 16.5. The first-order valence-corrected chi connectivity index (χ1v) is 9.54. The molecule has 8 nitrogen and oxygen atoms in total. The van der Waals surface area contributed by atoms with Crippen LogP contribution >= 0.6 is 0 Å². The maximum Gasteiger partial charge on any atom is 0.257 e. The number of methoxy groups -OCH3 is 4. The van der Waals surface area contributed by atoms with Gasteiger partial charge in [0.05, 0.1) is 34.0 Å². The van der Waals surface area contributed by atoms with Crippen LogP contribution in [-0.2, 0) is 0 Å². The molecule has 0 spiro atoms. The topological polar surface area (TPSA) is 77.5 Å².